The average molecular weight is 430 g/mol. The number of alkyl halides is 2. The summed E-state index contributed by atoms with van der Waals surface area (Å²) in [4.78, 5) is 23.5. The SMILES string of the molecule is Cc1nn(C(F)F)c(C)c1CC(=O)N[C@@H](CC(=O)O)c1ccc(Br)cc1. The van der Waals surface area contributed by atoms with Crippen molar-refractivity contribution in [3.63, 3.8) is 0 Å². The van der Waals surface area contributed by atoms with Crippen molar-refractivity contribution in [3.05, 3.63) is 51.3 Å². The summed E-state index contributed by atoms with van der Waals surface area (Å²) in [5.74, 6) is -1.52. The number of carbonyl (C=O) groups is 2. The highest BCUT2D eigenvalue weighted by atomic mass is 79.9. The molecule has 0 aliphatic rings. The lowest BCUT2D eigenvalue weighted by Crippen LogP contribution is -2.31. The molecule has 1 heterocycles. The molecular weight excluding hydrogens is 412 g/mol. The number of benzene rings is 1. The van der Waals surface area contributed by atoms with E-state index in [1.807, 2.05) is 0 Å². The van der Waals surface area contributed by atoms with Crippen molar-refractivity contribution in [1.82, 2.24) is 15.1 Å². The number of aromatic nitrogens is 2. The number of amides is 1. The van der Waals surface area contributed by atoms with Gasteiger partial charge in [-0.15, -0.1) is 0 Å². The number of aryl methyl sites for hydroxylation is 1. The molecule has 1 atom stereocenters. The van der Waals surface area contributed by atoms with E-state index in [0.717, 1.165) is 4.47 Å². The monoisotopic (exact) mass is 429 g/mol. The average Bonchev–Trinajstić information content (AvgIpc) is 2.83. The predicted molar refractivity (Wildman–Crippen MR) is 93.9 cm³/mol. The van der Waals surface area contributed by atoms with Crippen molar-refractivity contribution in [2.75, 3.05) is 0 Å². The van der Waals surface area contributed by atoms with Crippen molar-refractivity contribution in [3.8, 4) is 0 Å². The molecule has 140 valence electrons. The highest BCUT2D eigenvalue weighted by Gasteiger charge is 2.22. The van der Waals surface area contributed by atoms with Gasteiger partial charge in [0.2, 0.25) is 5.91 Å². The number of carboxylic acid groups (broad SMARTS) is 1. The summed E-state index contributed by atoms with van der Waals surface area (Å²) >= 11 is 3.30. The van der Waals surface area contributed by atoms with Gasteiger partial charge in [-0.05, 0) is 31.5 Å². The summed E-state index contributed by atoms with van der Waals surface area (Å²) in [5, 5.41) is 15.5. The number of aliphatic carboxylic acids is 1. The number of hydrogen-bond donors (Lipinski definition) is 2. The summed E-state index contributed by atoms with van der Waals surface area (Å²) in [6.45, 7) is 0.240. The van der Waals surface area contributed by atoms with Gasteiger partial charge in [0.15, 0.2) is 0 Å². The number of nitrogens with one attached hydrogen (secondary N) is 1. The standard InChI is InChI=1S/C17H18BrF2N3O3/c1-9-13(10(2)23(22-9)17(19)20)7-15(24)21-14(8-16(25)26)11-3-5-12(18)6-4-11/h3-6,14,17H,7-8H2,1-2H3,(H,21,24)(H,25,26)/t14-/m0/s1. The van der Waals surface area contributed by atoms with Crippen molar-refractivity contribution in [2.45, 2.75) is 39.3 Å². The van der Waals surface area contributed by atoms with Crippen LogP contribution in [0.3, 0.4) is 0 Å². The van der Waals surface area contributed by atoms with Crippen LogP contribution in [0.4, 0.5) is 8.78 Å². The number of halogens is 3. The van der Waals surface area contributed by atoms with Gasteiger partial charge in [-0.2, -0.15) is 13.9 Å². The molecule has 9 heteroatoms. The topological polar surface area (TPSA) is 84.2 Å². The molecule has 1 aromatic heterocycles. The normalized spacial score (nSPS) is 12.2. The Morgan fingerprint density at radius 1 is 1.27 bits per heavy atom. The smallest absolute Gasteiger partial charge is 0.333 e. The van der Waals surface area contributed by atoms with Crippen LogP contribution in [0, 0.1) is 13.8 Å². The van der Waals surface area contributed by atoms with E-state index in [2.05, 4.69) is 26.3 Å². The summed E-state index contributed by atoms with van der Waals surface area (Å²) in [5.41, 5.74) is 1.61. The molecule has 6 nitrogen and oxygen atoms in total. The van der Waals surface area contributed by atoms with E-state index in [9.17, 15) is 18.4 Å². The molecule has 0 unspecified atom stereocenters. The number of hydrogen-bond acceptors (Lipinski definition) is 3. The first-order chi connectivity index (χ1) is 12.2. The Labute approximate surface area is 157 Å². The molecule has 0 aliphatic heterocycles. The van der Waals surface area contributed by atoms with Gasteiger partial charge in [0.25, 0.3) is 0 Å². The van der Waals surface area contributed by atoms with Crippen LogP contribution in [0.2, 0.25) is 0 Å². The van der Waals surface area contributed by atoms with Crippen molar-refractivity contribution >= 4 is 27.8 Å². The van der Waals surface area contributed by atoms with E-state index >= 15 is 0 Å². The first-order valence-corrected chi connectivity index (χ1v) is 8.57. The van der Waals surface area contributed by atoms with Gasteiger partial charge >= 0.3 is 12.5 Å². The number of carboxylic acids is 1. The van der Waals surface area contributed by atoms with E-state index in [4.69, 9.17) is 5.11 Å². The fourth-order valence-electron chi connectivity index (χ4n) is 2.67. The van der Waals surface area contributed by atoms with Crippen molar-refractivity contribution < 1.29 is 23.5 Å². The summed E-state index contributed by atoms with van der Waals surface area (Å²) in [6.07, 6.45) is -0.446. The zero-order chi connectivity index (χ0) is 19.4. The van der Waals surface area contributed by atoms with Crippen LogP contribution in [0.15, 0.2) is 28.7 Å². The van der Waals surface area contributed by atoms with Gasteiger partial charge in [0, 0.05) is 15.7 Å². The minimum absolute atomic E-state index is 0.156. The summed E-state index contributed by atoms with van der Waals surface area (Å²) in [7, 11) is 0. The molecular formula is C17H18BrF2N3O3. The van der Waals surface area contributed by atoms with E-state index in [0.29, 0.717) is 21.5 Å². The van der Waals surface area contributed by atoms with Gasteiger partial charge in [0.1, 0.15) is 0 Å². The Bertz CT molecular complexity index is 806. The second-order valence-electron chi connectivity index (χ2n) is 5.82. The highest BCUT2D eigenvalue weighted by molar-refractivity contribution is 9.10. The lowest BCUT2D eigenvalue weighted by atomic mass is 10.0. The van der Waals surface area contributed by atoms with Crippen LogP contribution in [0.1, 0.15) is 41.5 Å². The number of rotatable bonds is 7. The fourth-order valence-corrected chi connectivity index (χ4v) is 2.94. The van der Waals surface area contributed by atoms with Crippen molar-refractivity contribution in [2.24, 2.45) is 0 Å². The lowest BCUT2D eigenvalue weighted by Gasteiger charge is -2.18. The third-order valence-electron chi connectivity index (χ3n) is 3.98. The predicted octanol–water partition coefficient (Wildman–Crippen LogP) is 3.53. The molecule has 1 amide bonds. The second kappa shape index (κ2) is 8.39. The second-order valence-corrected chi connectivity index (χ2v) is 6.73. The molecule has 0 spiro atoms. The van der Waals surface area contributed by atoms with E-state index in [1.54, 1.807) is 31.2 Å². The van der Waals surface area contributed by atoms with E-state index in [1.165, 1.54) is 6.92 Å². The minimum atomic E-state index is -2.78. The van der Waals surface area contributed by atoms with Crippen LogP contribution in [0.25, 0.3) is 0 Å². The van der Waals surface area contributed by atoms with Gasteiger partial charge < -0.3 is 10.4 Å². The fraction of sp³-hybridized carbons (Fsp3) is 0.353. The summed E-state index contributed by atoms with van der Waals surface area (Å²) < 4.78 is 27.2. The van der Waals surface area contributed by atoms with Crippen LogP contribution < -0.4 is 5.32 Å². The molecule has 1 aromatic carbocycles. The lowest BCUT2D eigenvalue weighted by molar-refractivity contribution is -0.137. The van der Waals surface area contributed by atoms with Gasteiger partial charge in [-0.25, -0.2) is 4.68 Å². The largest absolute Gasteiger partial charge is 0.481 e. The molecule has 2 N–H and O–H groups in total. The highest BCUT2D eigenvalue weighted by Crippen LogP contribution is 2.22. The van der Waals surface area contributed by atoms with Crippen LogP contribution >= 0.6 is 15.9 Å². The maximum absolute atomic E-state index is 12.9. The first-order valence-electron chi connectivity index (χ1n) is 7.78. The van der Waals surface area contributed by atoms with Crippen LogP contribution in [-0.2, 0) is 16.0 Å². The number of nitrogens with zero attached hydrogens (tertiary/aromatic N) is 2. The first kappa shape index (κ1) is 20.0. The zero-order valence-electron chi connectivity index (χ0n) is 14.2. The molecule has 0 aliphatic carbocycles. The molecule has 2 rings (SSSR count). The minimum Gasteiger partial charge on any atom is -0.481 e. The molecule has 0 saturated heterocycles. The Morgan fingerprint density at radius 2 is 1.88 bits per heavy atom. The summed E-state index contributed by atoms with van der Waals surface area (Å²) in [6, 6.07) is 6.19. The zero-order valence-corrected chi connectivity index (χ0v) is 15.8. The van der Waals surface area contributed by atoms with Crippen molar-refractivity contribution in [1.29, 1.82) is 0 Å². The third-order valence-corrected chi connectivity index (χ3v) is 4.51. The van der Waals surface area contributed by atoms with E-state index < -0.39 is 24.5 Å². The van der Waals surface area contributed by atoms with Crippen LogP contribution in [0.5, 0.6) is 0 Å². The van der Waals surface area contributed by atoms with Gasteiger partial charge in [0.05, 0.1) is 24.6 Å². The Balaban J connectivity index is 2.17. The van der Waals surface area contributed by atoms with E-state index in [-0.39, 0.29) is 18.5 Å². The number of carbonyl (C=O) groups excluding carboxylic acids is 1. The Morgan fingerprint density at radius 3 is 2.38 bits per heavy atom. The molecule has 26 heavy (non-hydrogen) atoms. The quantitative estimate of drug-likeness (QED) is 0.704. The molecule has 0 fully saturated rings. The van der Waals surface area contributed by atoms with Gasteiger partial charge in [-0.3, -0.25) is 9.59 Å². The Kier molecular flexibility index (Phi) is 6.47. The third kappa shape index (κ3) is 4.87. The molecule has 0 radical (unpaired) electrons. The van der Waals surface area contributed by atoms with Crippen LogP contribution in [-0.4, -0.2) is 26.8 Å². The maximum atomic E-state index is 12.9. The Hall–Kier alpha value is -2.29. The molecule has 0 saturated carbocycles. The molecule has 2 aromatic rings. The molecule has 0 bridgehead atoms. The van der Waals surface area contributed by atoms with Gasteiger partial charge in [-0.1, -0.05) is 28.1 Å². The maximum Gasteiger partial charge on any atom is 0.333 e.